The van der Waals surface area contributed by atoms with Gasteiger partial charge in [0.1, 0.15) is 13.2 Å². The van der Waals surface area contributed by atoms with Crippen molar-refractivity contribution < 1.29 is 14.2 Å². The molecule has 61 valence electrons. The zero-order chi connectivity index (χ0) is 8.32. The molecule has 0 atom stereocenters. The highest BCUT2D eigenvalue weighted by Crippen LogP contribution is 2.18. The topological polar surface area (TPSA) is 61.6 Å². The molecule has 0 aliphatic carbocycles. The molecule has 1 aliphatic heterocycles. The van der Waals surface area contributed by atoms with Gasteiger partial charge in [-0.1, -0.05) is 6.92 Å². The summed E-state index contributed by atoms with van der Waals surface area (Å²) in [6, 6.07) is 0. The van der Waals surface area contributed by atoms with E-state index in [0.29, 0.717) is 6.42 Å². The quantitative estimate of drug-likeness (QED) is 0.322. The van der Waals surface area contributed by atoms with Gasteiger partial charge in [0.05, 0.1) is 0 Å². The second-order valence-electron chi connectivity index (χ2n) is 2.55. The summed E-state index contributed by atoms with van der Waals surface area (Å²) in [7, 11) is 1.15. The fourth-order valence-electron chi connectivity index (χ4n) is 0.907. The van der Waals surface area contributed by atoms with Gasteiger partial charge in [-0.15, -0.1) is 0 Å². The number of hydrogen-bond acceptors (Lipinski definition) is 4. The SMILES string of the molecule is CCC1([N+](=O)[O-])CO[B]OC1. The van der Waals surface area contributed by atoms with Crippen LogP contribution in [-0.2, 0) is 9.31 Å². The Morgan fingerprint density at radius 3 is 2.45 bits per heavy atom. The van der Waals surface area contributed by atoms with Crippen molar-refractivity contribution in [3.8, 4) is 0 Å². The third-order valence-electron chi connectivity index (χ3n) is 1.89. The lowest BCUT2D eigenvalue weighted by atomic mass is 9.97. The van der Waals surface area contributed by atoms with E-state index in [1.54, 1.807) is 6.92 Å². The van der Waals surface area contributed by atoms with Crippen molar-refractivity contribution in [1.29, 1.82) is 0 Å². The Labute approximate surface area is 65.1 Å². The first kappa shape index (κ1) is 8.48. The summed E-state index contributed by atoms with van der Waals surface area (Å²) in [4.78, 5) is 10.2. The molecule has 0 aromatic carbocycles. The predicted octanol–water partition coefficient (Wildman–Crippen LogP) is -0.00710. The minimum absolute atomic E-state index is 0.108. The van der Waals surface area contributed by atoms with Gasteiger partial charge in [0.25, 0.3) is 5.54 Å². The van der Waals surface area contributed by atoms with Crippen LogP contribution in [-0.4, -0.2) is 31.4 Å². The highest BCUT2D eigenvalue weighted by atomic mass is 16.7. The van der Waals surface area contributed by atoms with Crippen LogP contribution < -0.4 is 0 Å². The van der Waals surface area contributed by atoms with Crippen molar-refractivity contribution in [2.24, 2.45) is 0 Å². The zero-order valence-corrected chi connectivity index (χ0v) is 6.28. The highest BCUT2D eigenvalue weighted by Gasteiger charge is 2.44. The van der Waals surface area contributed by atoms with Gasteiger partial charge in [0, 0.05) is 11.3 Å². The van der Waals surface area contributed by atoms with Crippen LogP contribution in [0.25, 0.3) is 0 Å². The second-order valence-corrected chi connectivity index (χ2v) is 2.55. The van der Waals surface area contributed by atoms with Crippen molar-refractivity contribution in [3.05, 3.63) is 10.1 Å². The van der Waals surface area contributed by atoms with E-state index in [9.17, 15) is 10.1 Å². The van der Waals surface area contributed by atoms with Gasteiger partial charge in [0.15, 0.2) is 0 Å². The molecule has 0 N–H and O–H groups in total. The smallest absolute Gasteiger partial charge is 0.406 e. The fourth-order valence-corrected chi connectivity index (χ4v) is 0.907. The molecule has 1 heterocycles. The van der Waals surface area contributed by atoms with E-state index < -0.39 is 5.54 Å². The van der Waals surface area contributed by atoms with Crippen LogP contribution in [0.2, 0.25) is 0 Å². The number of nitro groups is 1. The van der Waals surface area contributed by atoms with Crippen LogP contribution in [0.5, 0.6) is 0 Å². The van der Waals surface area contributed by atoms with E-state index in [1.807, 2.05) is 0 Å². The normalized spacial score (nSPS) is 22.3. The lowest BCUT2D eigenvalue weighted by Gasteiger charge is -2.27. The van der Waals surface area contributed by atoms with E-state index in [4.69, 9.17) is 9.31 Å². The molecule has 1 aliphatic rings. The fraction of sp³-hybridized carbons (Fsp3) is 1.00. The molecule has 0 aromatic heterocycles. The maximum atomic E-state index is 10.5. The largest absolute Gasteiger partial charge is 0.488 e. The second kappa shape index (κ2) is 3.19. The lowest BCUT2D eigenvalue weighted by molar-refractivity contribution is -0.579. The average Bonchev–Trinajstić information content (AvgIpc) is 2.05. The molecule has 5 nitrogen and oxygen atoms in total. The molecular formula is C5H9BNO4. The van der Waals surface area contributed by atoms with Crippen LogP contribution in [0, 0.1) is 10.1 Å². The van der Waals surface area contributed by atoms with E-state index in [0.717, 1.165) is 7.69 Å². The molecule has 1 fully saturated rings. The maximum Gasteiger partial charge on any atom is 0.488 e. The molecule has 0 saturated carbocycles. The minimum atomic E-state index is -1.03. The summed E-state index contributed by atoms with van der Waals surface area (Å²) < 4.78 is 9.50. The van der Waals surface area contributed by atoms with Crippen molar-refractivity contribution >= 4 is 7.69 Å². The Balaban J connectivity index is 2.64. The van der Waals surface area contributed by atoms with Crippen molar-refractivity contribution in [3.63, 3.8) is 0 Å². The van der Waals surface area contributed by atoms with Crippen LogP contribution >= 0.6 is 0 Å². The van der Waals surface area contributed by atoms with Gasteiger partial charge in [-0.2, -0.15) is 0 Å². The summed E-state index contributed by atoms with van der Waals surface area (Å²) in [5.41, 5.74) is -1.03. The van der Waals surface area contributed by atoms with E-state index in [1.165, 1.54) is 0 Å². The molecule has 1 radical (unpaired) electrons. The van der Waals surface area contributed by atoms with Gasteiger partial charge < -0.3 is 9.31 Å². The Bertz CT molecular complexity index is 157. The third-order valence-corrected chi connectivity index (χ3v) is 1.89. The zero-order valence-electron chi connectivity index (χ0n) is 6.28. The van der Waals surface area contributed by atoms with Gasteiger partial charge >= 0.3 is 7.69 Å². The Kier molecular flexibility index (Phi) is 2.46. The van der Waals surface area contributed by atoms with Gasteiger partial charge in [-0.05, 0) is 0 Å². The standard InChI is InChI=1S/C5H9BNO4/c1-2-5(7(8)9)3-10-6-11-4-5/h2-4H2,1H3. The molecule has 1 rings (SSSR count). The number of rotatable bonds is 2. The Morgan fingerprint density at radius 2 is 2.18 bits per heavy atom. The van der Waals surface area contributed by atoms with Crippen molar-refractivity contribution in [2.75, 3.05) is 13.2 Å². The summed E-state index contributed by atoms with van der Waals surface area (Å²) in [5.74, 6) is 0. The average molecular weight is 158 g/mol. The first-order valence-electron chi connectivity index (χ1n) is 3.41. The molecule has 0 spiro atoms. The molecule has 0 amide bonds. The molecular weight excluding hydrogens is 149 g/mol. The first-order chi connectivity index (χ1) is 5.21. The van der Waals surface area contributed by atoms with Gasteiger partial charge in [-0.3, -0.25) is 10.1 Å². The van der Waals surface area contributed by atoms with Crippen molar-refractivity contribution in [2.45, 2.75) is 18.9 Å². The van der Waals surface area contributed by atoms with Gasteiger partial charge in [-0.25, -0.2) is 0 Å². The Hall–Kier alpha value is -0.615. The van der Waals surface area contributed by atoms with Crippen LogP contribution in [0.3, 0.4) is 0 Å². The molecule has 11 heavy (non-hydrogen) atoms. The van der Waals surface area contributed by atoms with Crippen molar-refractivity contribution in [1.82, 2.24) is 0 Å². The summed E-state index contributed by atoms with van der Waals surface area (Å²) >= 11 is 0. The summed E-state index contributed by atoms with van der Waals surface area (Å²) in [6.45, 7) is 1.97. The summed E-state index contributed by atoms with van der Waals surface area (Å²) in [6.07, 6.45) is 0.424. The van der Waals surface area contributed by atoms with E-state index in [2.05, 4.69) is 0 Å². The highest BCUT2D eigenvalue weighted by molar-refractivity contribution is 6.18. The first-order valence-corrected chi connectivity index (χ1v) is 3.41. The molecule has 0 bridgehead atoms. The maximum absolute atomic E-state index is 10.5. The van der Waals surface area contributed by atoms with E-state index in [-0.39, 0.29) is 18.1 Å². The predicted molar refractivity (Wildman–Crippen MR) is 37.7 cm³/mol. The summed E-state index contributed by atoms with van der Waals surface area (Å²) in [5, 5.41) is 10.5. The lowest BCUT2D eigenvalue weighted by Crippen LogP contribution is -2.50. The molecule has 0 aromatic rings. The molecule has 6 heteroatoms. The molecule has 0 unspecified atom stereocenters. The van der Waals surface area contributed by atoms with Crippen LogP contribution in [0.4, 0.5) is 0 Å². The third kappa shape index (κ3) is 1.51. The Morgan fingerprint density at radius 1 is 1.64 bits per heavy atom. The monoisotopic (exact) mass is 158 g/mol. The minimum Gasteiger partial charge on any atom is -0.406 e. The van der Waals surface area contributed by atoms with Crippen LogP contribution in [0.15, 0.2) is 0 Å². The number of hydrogen-bond donors (Lipinski definition) is 0. The van der Waals surface area contributed by atoms with E-state index >= 15 is 0 Å². The molecule has 1 saturated heterocycles. The van der Waals surface area contributed by atoms with Gasteiger partial charge in [0.2, 0.25) is 0 Å². The number of nitrogens with zero attached hydrogens (tertiary/aromatic N) is 1. The van der Waals surface area contributed by atoms with Crippen LogP contribution in [0.1, 0.15) is 13.3 Å².